The summed E-state index contributed by atoms with van der Waals surface area (Å²) in [6, 6.07) is 9.05. The number of halogens is 4. The molecule has 2 aromatic rings. The molecule has 0 saturated carbocycles. The molecule has 1 amide bonds. The summed E-state index contributed by atoms with van der Waals surface area (Å²) in [6.07, 6.45) is 1.09. The van der Waals surface area contributed by atoms with Gasteiger partial charge in [0, 0.05) is 6.08 Å². The summed E-state index contributed by atoms with van der Waals surface area (Å²) in [5.74, 6) is -3.12. The third-order valence-electron chi connectivity index (χ3n) is 3.59. The fraction of sp³-hybridized carbons (Fsp3) is 0.158. The zero-order chi connectivity index (χ0) is 21.6. The number of rotatable bonds is 8. The van der Waals surface area contributed by atoms with Crippen LogP contribution in [0.4, 0.5) is 23.2 Å². The second kappa shape index (κ2) is 9.58. The molecular formula is C19H15F4NO5. The summed E-state index contributed by atoms with van der Waals surface area (Å²) in [7, 11) is 0. The molecule has 0 aliphatic carbocycles. The van der Waals surface area contributed by atoms with E-state index in [9.17, 15) is 27.2 Å². The number of ether oxygens (including phenoxy) is 2. The standard InChI is InChI=1S/C19H15F4NO5/c1-10(8-16(25)24-13-5-3-2-4-12(13)17(26)27)11-6-7-14(28-18(20)21)15(9-11)29-19(22)23/h2-9,18-19H,1H3,(H,24,25)(H,26,27)/b10-8+. The van der Waals surface area contributed by atoms with Gasteiger partial charge in [0.05, 0.1) is 11.3 Å². The maximum absolute atomic E-state index is 12.5. The highest BCUT2D eigenvalue weighted by Crippen LogP contribution is 2.33. The van der Waals surface area contributed by atoms with Crippen molar-refractivity contribution in [1.82, 2.24) is 0 Å². The number of carbonyl (C=O) groups excluding carboxylic acids is 1. The second-order valence-corrected chi connectivity index (χ2v) is 5.59. The molecule has 0 unspecified atom stereocenters. The van der Waals surface area contributed by atoms with Gasteiger partial charge in [0.25, 0.3) is 0 Å². The van der Waals surface area contributed by atoms with E-state index >= 15 is 0 Å². The van der Waals surface area contributed by atoms with E-state index in [1.807, 2.05) is 0 Å². The Bertz CT molecular complexity index is 931. The van der Waals surface area contributed by atoms with Crippen LogP contribution < -0.4 is 14.8 Å². The lowest BCUT2D eigenvalue weighted by atomic mass is 10.1. The van der Waals surface area contributed by atoms with E-state index in [1.165, 1.54) is 37.3 Å². The average Bonchev–Trinajstić information content (AvgIpc) is 2.62. The highest BCUT2D eigenvalue weighted by Gasteiger charge is 2.16. The number of hydrogen-bond donors (Lipinski definition) is 2. The Hall–Kier alpha value is -3.56. The number of para-hydroxylation sites is 1. The zero-order valence-corrected chi connectivity index (χ0v) is 14.9. The van der Waals surface area contributed by atoms with Gasteiger partial charge in [0.2, 0.25) is 5.91 Å². The van der Waals surface area contributed by atoms with Gasteiger partial charge in [-0.25, -0.2) is 4.79 Å². The fourth-order valence-electron chi connectivity index (χ4n) is 2.36. The van der Waals surface area contributed by atoms with Crippen LogP contribution in [0.2, 0.25) is 0 Å². The molecule has 0 heterocycles. The van der Waals surface area contributed by atoms with Crippen molar-refractivity contribution in [3.05, 3.63) is 59.7 Å². The normalized spacial score (nSPS) is 11.5. The topological polar surface area (TPSA) is 84.9 Å². The number of carbonyl (C=O) groups is 2. The molecule has 0 radical (unpaired) electrons. The van der Waals surface area contributed by atoms with Crippen molar-refractivity contribution in [1.29, 1.82) is 0 Å². The summed E-state index contributed by atoms with van der Waals surface area (Å²) in [6.45, 7) is -5.04. The summed E-state index contributed by atoms with van der Waals surface area (Å²) in [5.41, 5.74) is 0.450. The van der Waals surface area contributed by atoms with Crippen molar-refractivity contribution < 1.29 is 41.7 Å². The summed E-state index contributed by atoms with van der Waals surface area (Å²) in [4.78, 5) is 23.4. The van der Waals surface area contributed by atoms with Gasteiger partial charge in [-0.05, 0) is 42.3 Å². The van der Waals surface area contributed by atoms with Crippen LogP contribution in [0.25, 0.3) is 5.57 Å². The number of amides is 1. The molecule has 0 spiro atoms. The van der Waals surface area contributed by atoms with Gasteiger partial charge in [0.1, 0.15) is 0 Å². The Labute approximate surface area is 162 Å². The first-order valence-corrected chi connectivity index (χ1v) is 8.03. The van der Waals surface area contributed by atoms with Crippen LogP contribution in [0.5, 0.6) is 11.5 Å². The van der Waals surface area contributed by atoms with E-state index in [2.05, 4.69) is 14.8 Å². The van der Waals surface area contributed by atoms with Gasteiger partial charge < -0.3 is 19.9 Å². The molecule has 29 heavy (non-hydrogen) atoms. The van der Waals surface area contributed by atoms with Crippen LogP contribution in [-0.4, -0.2) is 30.2 Å². The minimum absolute atomic E-state index is 0.0662. The van der Waals surface area contributed by atoms with Crippen molar-refractivity contribution in [2.45, 2.75) is 20.1 Å². The van der Waals surface area contributed by atoms with Crippen LogP contribution in [0, 0.1) is 0 Å². The van der Waals surface area contributed by atoms with Crippen molar-refractivity contribution in [3.63, 3.8) is 0 Å². The molecule has 154 valence electrons. The van der Waals surface area contributed by atoms with Crippen LogP contribution in [-0.2, 0) is 4.79 Å². The monoisotopic (exact) mass is 413 g/mol. The minimum atomic E-state index is -3.27. The third-order valence-corrected chi connectivity index (χ3v) is 3.59. The van der Waals surface area contributed by atoms with E-state index in [4.69, 9.17) is 5.11 Å². The van der Waals surface area contributed by atoms with E-state index < -0.39 is 36.6 Å². The van der Waals surface area contributed by atoms with Crippen LogP contribution in [0.15, 0.2) is 48.5 Å². The van der Waals surface area contributed by atoms with E-state index in [0.717, 1.165) is 18.2 Å². The lowest BCUT2D eigenvalue weighted by molar-refractivity contribution is -0.111. The SMILES string of the molecule is C/C(=C\C(=O)Nc1ccccc1C(=O)O)c1ccc(OC(F)F)c(OC(F)F)c1. The molecule has 0 aromatic heterocycles. The Morgan fingerprint density at radius 2 is 1.62 bits per heavy atom. The number of aromatic carboxylic acids is 1. The predicted octanol–water partition coefficient (Wildman–Crippen LogP) is 4.63. The second-order valence-electron chi connectivity index (χ2n) is 5.59. The highest BCUT2D eigenvalue weighted by atomic mass is 19.3. The van der Waals surface area contributed by atoms with Gasteiger partial charge in [-0.15, -0.1) is 0 Å². The molecule has 6 nitrogen and oxygen atoms in total. The molecule has 0 fully saturated rings. The van der Waals surface area contributed by atoms with Gasteiger partial charge in [-0.3, -0.25) is 4.79 Å². The number of carboxylic acids is 1. The number of benzene rings is 2. The highest BCUT2D eigenvalue weighted by molar-refractivity contribution is 6.07. The van der Waals surface area contributed by atoms with Crippen molar-refractivity contribution in [2.75, 3.05) is 5.32 Å². The summed E-state index contributed by atoms with van der Waals surface area (Å²) in [5, 5.41) is 11.5. The van der Waals surface area contributed by atoms with Gasteiger partial charge >= 0.3 is 19.2 Å². The molecule has 0 saturated heterocycles. The predicted molar refractivity (Wildman–Crippen MR) is 95.4 cm³/mol. The molecule has 0 atom stereocenters. The van der Waals surface area contributed by atoms with Crippen molar-refractivity contribution in [2.24, 2.45) is 0 Å². The minimum Gasteiger partial charge on any atom is -0.478 e. The Balaban J connectivity index is 2.26. The first kappa shape index (κ1) is 21.7. The Morgan fingerprint density at radius 3 is 2.24 bits per heavy atom. The van der Waals surface area contributed by atoms with Crippen LogP contribution >= 0.6 is 0 Å². The lowest BCUT2D eigenvalue weighted by Crippen LogP contribution is -2.12. The summed E-state index contributed by atoms with van der Waals surface area (Å²) < 4.78 is 58.2. The van der Waals surface area contributed by atoms with Crippen LogP contribution in [0.3, 0.4) is 0 Å². The number of allylic oxidation sites excluding steroid dienone is 1. The first-order chi connectivity index (χ1) is 13.7. The number of carboxylic acid groups (broad SMARTS) is 1. The molecule has 0 aliphatic rings. The lowest BCUT2D eigenvalue weighted by Gasteiger charge is -2.13. The van der Waals surface area contributed by atoms with Gasteiger partial charge in [0.15, 0.2) is 11.5 Å². The smallest absolute Gasteiger partial charge is 0.387 e. The molecule has 2 N–H and O–H groups in total. The first-order valence-electron chi connectivity index (χ1n) is 8.03. The molecule has 10 heteroatoms. The molecule has 0 aliphatic heterocycles. The number of anilines is 1. The average molecular weight is 413 g/mol. The third kappa shape index (κ3) is 6.23. The maximum atomic E-state index is 12.5. The Kier molecular flexibility index (Phi) is 7.18. The van der Waals surface area contributed by atoms with Crippen molar-refractivity contribution in [3.8, 4) is 11.5 Å². The molecule has 0 bridgehead atoms. The van der Waals surface area contributed by atoms with Crippen molar-refractivity contribution >= 4 is 23.1 Å². The largest absolute Gasteiger partial charge is 0.478 e. The number of alkyl halides is 4. The quantitative estimate of drug-likeness (QED) is 0.487. The van der Waals surface area contributed by atoms with Crippen LogP contribution in [0.1, 0.15) is 22.8 Å². The van der Waals surface area contributed by atoms with Gasteiger partial charge in [-0.2, -0.15) is 17.6 Å². The molecular weight excluding hydrogens is 398 g/mol. The Morgan fingerprint density at radius 1 is 1.00 bits per heavy atom. The van der Waals surface area contributed by atoms with Gasteiger partial charge in [-0.1, -0.05) is 18.2 Å². The molecule has 2 rings (SSSR count). The molecule has 2 aromatic carbocycles. The van der Waals surface area contributed by atoms with E-state index in [-0.39, 0.29) is 22.4 Å². The zero-order valence-electron chi connectivity index (χ0n) is 14.9. The summed E-state index contributed by atoms with van der Waals surface area (Å²) >= 11 is 0. The van der Waals surface area contributed by atoms with E-state index in [1.54, 1.807) is 0 Å². The maximum Gasteiger partial charge on any atom is 0.387 e. The number of hydrogen-bond acceptors (Lipinski definition) is 4. The number of nitrogens with one attached hydrogen (secondary N) is 1. The fourth-order valence-corrected chi connectivity index (χ4v) is 2.36. The van der Waals surface area contributed by atoms with E-state index in [0.29, 0.717) is 0 Å².